The highest BCUT2D eigenvalue weighted by atomic mass is 32.2. The van der Waals surface area contributed by atoms with Crippen LogP contribution < -0.4 is 10.9 Å². The molecule has 0 aliphatic carbocycles. The standard InChI is InChI=1S/C12H11N3O2S2/c1-3-5-13-9(16)7-19-12-14-8-4-6-18-10(8)11(17)15(12)2/h1,4,6H,5,7H2,2H3,(H,13,16). The van der Waals surface area contributed by atoms with Crippen LogP contribution in [0.15, 0.2) is 21.4 Å². The molecule has 2 aromatic heterocycles. The average molecular weight is 293 g/mol. The summed E-state index contributed by atoms with van der Waals surface area (Å²) in [6, 6.07) is 1.80. The van der Waals surface area contributed by atoms with Gasteiger partial charge in [-0.3, -0.25) is 14.2 Å². The molecule has 1 N–H and O–H groups in total. The second kappa shape index (κ2) is 5.91. The van der Waals surface area contributed by atoms with E-state index in [0.717, 1.165) is 0 Å². The fourth-order valence-corrected chi connectivity index (χ4v) is 3.03. The molecule has 0 aliphatic heterocycles. The number of nitrogens with zero attached hydrogens (tertiary/aromatic N) is 2. The van der Waals surface area contributed by atoms with Crippen LogP contribution >= 0.6 is 23.1 Å². The molecule has 2 heterocycles. The van der Waals surface area contributed by atoms with E-state index in [1.165, 1.54) is 27.7 Å². The van der Waals surface area contributed by atoms with Crippen LogP contribution in [0, 0.1) is 12.3 Å². The van der Waals surface area contributed by atoms with E-state index in [0.29, 0.717) is 15.4 Å². The highest BCUT2D eigenvalue weighted by Crippen LogP contribution is 2.19. The van der Waals surface area contributed by atoms with Crippen LogP contribution in [0.1, 0.15) is 0 Å². The zero-order valence-electron chi connectivity index (χ0n) is 10.2. The molecule has 7 heteroatoms. The minimum atomic E-state index is -0.178. The van der Waals surface area contributed by atoms with E-state index in [4.69, 9.17) is 6.42 Å². The fraction of sp³-hybridized carbons (Fsp3) is 0.250. The molecule has 0 aliphatic rings. The van der Waals surface area contributed by atoms with E-state index in [1.807, 2.05) is 5.38 Å². The van der Waals surface area contributed by atoms with Gasteiger partial charge in [0.1, 0.15) is 4.70 Å². The number of terminal acetylenes is 1. The van der Waals surface area contributed by atoms with Crippen molar-refractivity contribution in [3.05, 3.63) is 21.8 Å². The predicted octanol–water partition coefficient (Wildman–Crippen LogP) is 0.837. The molecule has 0 saturated heterocycles. The monoisotopic (exact) mass is 293 g/mol. The largest absolute Gasteiger partial charge is 0.344 e. The van der Waals surface area contributed by atoms with Crippen molar-refractivity contribution in [1.82, 2.24) is 14.9 Å². The lowest BCUT2D eigenvalue weighted by atomic mass is 10.5. The number of nitrogens with one attached hydrogen (secondary N) is 1. The van der Waals surface area contributed by atoms with Gasteiger partial charge >= 0.3 is 0 Å². The number of carbonyl (C=O) groups excluding carboxylic acids is 1. The third kappa shape index (κ3) is 2.97. The first-order valence-electron chi connectivity index (χ1n) is 5.40. The second-order valence-electron chi connectivity index (χ2n) is 3.66. The van der Waals surface area contributed by atoms with Crippen LogP contribution in [-0.2, 0) is 11.8 Å². The van der Waals surface area contributed by atoms with Crippen LogP contribution in [0.3, 0.4) is 0 Å². The summed E-state index contributed by atoms with van der Waals surface area (Å²) in [6.07, 6.45) is 5.05. The van der Waals surface area contributed by atoms with E-state index < -0.39 is 0 Å². The molecule has 0 bridgehead atoms. The number of hydrogen-bond acceptors (Lipinski definition) is 5. The SMILES string of the molecule is C#CCNC(=O)CSc1nc2ccsc2c(=O)n1C. The lowest BCUT2D eigenvalue weighted by molar-refractivity contribution is -0.118. The maximum absolute atomic E-state index is 12.0. The van der Waals surface area contributed by atoms with Crippen molar-refractivity contribution >= 4 is 39.2 Å². The Morgan fingerprint density at radius 3 is 3.21 bits per heavy atom. The highest BCUT2D eigenvalue weighted by Gasteiger charge is 2.11. The minimum absolute atomic E-state index is 0.0912. The van der Waals surface area contributed by atoms with Crippen LogP contribution in [0.25, 0.3) is 10.2 Å². The molecule has 19 heavy (non-hydrogen) atoms. The van der Waals surface area contributed by atoms with Gasteiger partial charge in [0.05, 0.1) is 17.8 Å². The fourth-order valence-electron chi connectivity index (χ4n) is 1.43. The molecule has 1 amide bonds. The third-order valence-electron chi connectivity index (χ3n) is 2.37. The molecular weight excluding hydrogens is 282 g/mol. The first-order valence-corrected chi connectivity index (χ1v) is 7.27. The van der Waals surface area contributed by atoms with E-state index in [1.54, 1.807) is 13.1 Å². The second-order valence-corrected chi connectivity index (χ2v) is 5.52. The maximum atomic E-state index is 12.0. The molecular formula is C12H11N3O2S2. The Morgan fingerprint density at radius 2 is 2.47 bits per heavy atom. The number of rotatable bonds is 4. The predicted molar refractivity (Wildman–Crippen MR) is 77.4 cm³/mol. The number of thiophene rings is 1. The van der Waals surface area contributed by atoms with Gasteiger partial charge in [-0.2, -0.15) is 0 Å². The maximum Gasteiger partial charge on any atom is 0.271 e. The van der Waals surface area contributed by atoms with Gasteiger partial charge in [-0.25, -0.2) is 4.98 Å². The molecule has 98 valence electrons. The van der Waals surface area contributed by atoms with Gasteiger partial charge in [-0.15, -0.1) is 17.8 Å². The lowest BCUT2D eigenvalue weighted by Crippen LogP contribution is -2.26. The van der Waals surface area contributed by atoms with E-state index in [-0.39, 0.29) is 23.8 Å². The van der Waals surface area contributed by atoms with E-state index in [2.05, 4.69) is 16.2 Å². The van der Waals surface area contributed by atoms with Gasteiger partial charge < -0.3 is 5.32 Å². The first kappa shape index (κ1) is 13.6. The molecule has 0 fully saturated rings. The molecule has 0 saturated carbocycles. The molecule has 0 unspecified atom stereocenters. The van der Waals surface area contributed by atoms with Crippen molar-refractivity contribution in [3.63, 3.8) is 0 Å². The Balaban J connectivity index is 2.17. The Morgan fingerprint density at radius 1 is 1.68 bits per heavy atom. The van der Waals surface area contributed by atoms with Gasteiger partial charge in [0.25, 0.3) is 5.56 Å². The summed E-state index contributed by atoms with van der Waals surface area (Å²) >= 11 is 2.58. The summed E-state index contributed by atoms with van der Waals surface area (Å²) in [5.74, 6) is 2.33. The quantitative estimate of drug-likeness (QED) is 0.515. The topological polar surface area (TPSA) is 64.0 Å². The Kier molecular flexibility index (Phi) is 4.24. The van der Waals surface area contributed by atoms with Crippen molar-refractivity contribution in [2.45, 2.75) is 5.16 Å². The molecule has 2 rings (SSSR count). The molecule has 0 atom stereocenters. The minimum Gasteiger partial charge on any atom is -0.344 e. The summed E-state index contributed by atoms with van der Waals surface area (Å²) < 4.78 is 2.08. The van der Waals surface area contributed by atoms with Crippen LogP contribution in [0.4, 0.5) is 0 Å². The first-order chi connectivity index (χ1) is 9.13. The lowest BCUT2D eigenvalue weighted by Gasteiger charge is -2.06. The molecule has 0 spiro atoms. The van der Waals surface area contributed by atoms with Gasteiger partial charge in [-0.1, -0.05) is 17.7 Å². The van der Waals surface area contributed by atoms with Gasteiger partial charge in [-0.05, 0) is 11.4 Å². The summed E-state index contributed by atoms with van der Waals surface area (Å²) in [5.41, 5.74) is 0.575. The third-order valence-corrected chi connectivity index (χ3v) is 4.29. The number of fused-ring (bicyclic) bond motifs is 1. The van der Waals surface area contributed by atoms with Crippen molar-refractivity contribution in [1.29, 1.82) is 0 Å². The van der Waals surface area contributed by atoms with Crippen LogP contribution in [-0.4, -0.2) is 27.8 Å². The number of aromatic nitrogens is 2. The summed E-state index contributed by atoms with van der Waals surface area (Å²) in [7, 11) is 1.65. The number of thioether (sulfide) groups is 1. The van der Waals surface area contributed by atoms with Gasteiger partial charge in [0.2, 0.25) is 5.91 Å². The van der Waals surface area contributed by atoms with E-state index >= 15 is 0 Å². The summed E-state index contributed by atoms with van der Waals surface area (Å²) in [5, 5.41) is 4.91. The van der Waals surface area contributed by atoms with Crippen molar-refractivity contribution in [2.75, 3.05) is 12.3 Å². The smallest absolute Gasteiger partial charge is 0.271 e. The Hall–Kier alpha value is -1.78. The Bertz CT molecular complexity index is 712. The molecule has 5 nitrogen and oxygen atoms in total. The highest BCUT2D eigenvalue weighted by molar-refractivity contribution is 7.99. The molecule has 2 aromatic rings. The van der Waals surface area contributed by atoms with Crippen molar-refractivity contribution in [3.8, 4) is 12.3 Å². The summed E-state index contributed by atoms with van der Waals surface area (Å²) in [6.45, 7) is 0.204. The normalized spacial score (nSPS) is 10.3. The van der Waals surface area contributed by atoms with Crippen molar-refractivity contribution < 1.29 is 4.79 Å². The number of carbonyl (C=O) groups is 1. The molecule has 0 radical (unpaired) electrons. The van der Waals surface area contributed by atoms with Gasteiger partial charge in [0, 0.05) is 7.05 Å². The number of hydrogen-bond donors (Lipinski definition) is 1. The van der Waals surface area contributed by atoms with Crippen LogP contribution in [0.5, 0.6) is 0 Å². The van der Waals surface area contributed by atoms with E-state index in [9.17, 15) is 9.59 Å². The Labute approximate surface area is 118 Å². The zero-order chi connectivity index (χ0) is 13.8. The van der Waals surface area contributed by atoms with Crippen LogP contribution in [0.2, 0.25) is 0 Å². The number of amides is 1. The van der Waals surface area contributed by atoms with Crippen molar-refractivity contribution in [2.24, 2.45) is 7.05 Å². The zero-order valence-corrected chi connectivity index (χ0v) is 11.8. The molecule has 0 aromatic carbocycles. The van der Waals surface area contributed by atoms with Gasteiger partial charge in [0.15, 0.2) is 5.16 Å². The average Bonchev–Trinajstić information content (AvgIpc) is 2.87. The summed E-state index contributed by atoms with van der Waals surface area (Å²) in [4.78, 5) is 27.8.